The first-order valence-electron chi connectivity index (χ1n) is 12.5. The molecule has 0 aromatic heterocycles. The Balaban J connectivity index is 1.88. The first kappa shape index (κ1) is 26.0. The zero-order chi connectivity index (χ0) is 25.3. The van der Waals surface area contributed by atoms with E-state index in [0.29, 0.717) is 11.5 Å². The molecule has 1 aliphatic carbocycles. The molecule has 0 radical (unpaired) electrons. The third-order valence-corrected chi connectivity index (χ3v) is 6.90. The van der Waals surface area contributed by atoms with Gasteiger partial charge in [0.2, 0.25) is 0 Å². The maximum atomic E-state index is 10.6. The van der Waals surface area contributed by atoms with Crippen molar-refractivity contribution in [2.45, 2.75) is 104 Å². The minimum absolute atomic E-state index is 0.000438. The van der Waals surface area contributed by atoms with Crippen molar-refractivity contribution in [3.05, 3.63) is 57.6 Å². The summed E-state index contributed by atoms with van der Waals surface area (Å²) < 4.78 is 0. The van der Waals surface area contributed by atoms with Crippen LogP contribution in [0.25, 0.3) is 0 Å². The van der Waals surface area contributed by atoms with Gasteiger partial charge in [-0.3, -0.25) is 9.98 Å². The maximum absolute atomic E-state index is 10.6. The van der Waals surface area contributed by atoms with Gasteiger partial charge in [-0.25, -0.2) is 0 Å². The summed E-state index contributed by atoms with van der Waals surface area (Å²) in [6.07, 6.45) is 7.88. The molecule has 0 unspecified atom stereocenters. The van der Waals surface area contributed by atoms with Crippen molar-refractivity contribution in [1.29, 1.82) is 0 Å². The van der Waals surface area contributed by atoms with Crippen LogP contribution >= 0.6 is 0 Å². The molecule has 1 saturated carbocycles. The quantitative estimate of drug-likeness (QED) is 0.473. The van der Waals surface area contributed by atoms with Gasteiger partial charge >= 0.3 is 0 Å². The molecule has 0 heterocycles. The number of benzene rings is 2. The molecular weight excluding hydrogens is 420 g/mol. The molecule has 0 bridgehead atoms. The van der Waals surface area contributed by atoms with Gasteiger partial charge in [0, 0.05) is 23.6 Å². The normalized spacial score (nSPS) is 19.9. The number of phenolic OH excluding ortho intramolecular Hbond substituents is 2. The van der Waals surface area contributed by atoms with Crippen LogP contribution in [-0.4, -0.2) is 34.7 Å². The van der Waals surface area contributed by atoms with Gasteiger partial charge < -0.3 is 10.2 Å². The molecule has 0 spiro atoms. The number of aryl methyl sites for hydroxylation is 2. The molecule has 3 rings (SSSR count). The van der Waals surface area contributed by atoms with Gasteiger partial charge in [0.15, 0.2) is 0 Å². The van der Waals surface area contributed by atoms with E-state index in [4.69, 9.17) is 9.98 Å². The van der Waals surface area contributed by atoms with E-state index >= 15 is 0 Å². The van der Waals surface area contributed by atoms with Gasteiger partial charge in [0.05, 0.1) is 12.1 Å². The number of hydrogen-bond donors (Lipinski definition) is 2. The van der Waals surface area contributed by atoms with Crippen LogP contribution in [0.4, 0.5) is 0 Å². The predicted octanol–water partition coefficient (Wildman–Crippen LogP) is 7.16. The maximum Gasteiger partial charge on any atom is 0.127 e. The van der Waals surface area contributed by atoms with Crippen molar-refractivity contribution in [3.63, 3.8) is 0 Å². The number of aromatic hydroxyl groups is 2. The highest BCUT2D eigenvalue weighted by atomic mass is 16.3. The Labute approximate surface area is 205 Å². The highest BCUT2D eigenvalue weighted by Gasteiger charge is 2.24. The minimum Gasteiger partial charge on any atom is -0.507 e. The van der Waals surface area contributed by atoms with Gasteiger partial charge in [-0.1, -0.05) is 66.5 Å². The predicted molar refractivity (Wildman–Crippen MR) is 144 cm³/mol. The molecule has 2 aromatic carbocycles. The summed E-state index contributed by atoms with van der Waals surface area (Å²) in [4.78, 5) is 9.82. The van der Waals surface area contributed by atoms with Gasteiger partial charge in [0.1, 0.15) is 11.5 Å². The van der Waals surface area contributed by atoms with E-state index in [1.54, 1.807) is 0 Å². The lowest BCUT2D eigenvalue weighted by molar-refractivity contribution is 0.390. The number of nitrogens with zero attached hydrogens (tertiary/aromatic N) is 2. The van der Waals surface area contributed by atoms with E-state index in [0.717, 1.165) is 47.9 Å². The van der Waals surface area contributed by atoms with Crippen molar-refractivity contribution in [2.24, 2.45) is 9.98 Å². The smallest absolute Gasteiger partial charge is 0.127 e. The number of phenols is 2. The summed E-state index contributed by atoms with van der Waals surface area (Å²) in [5, 5.41) is 21.3. The van der Waals surface area contributed by atoms with E-state index in [2.05, 4.69) is 53.7 Å². The lowest BCUT2D eigenvalue weighted by atomic mass is 9.85. The SMILES string of the molecule is Cc1cc(C(C)(C)C)cc(/C=N/[C@@H]2CCCC[C@H]2/N=C/c2cc(C(C)(C)C)cc(C)c2O)c1O. The highest BCUT2D eigenvalue weighted by molar-refractivity contribution is 5.86. The highest BCUT2D eigenvalue weighted by Crippen LogP contribution is 2.32. The minimum atomic E-state index is 0.000438. The Bertz CT molecular complexity index is 997. The van der Waals surface area contributed by atoms with Crippen molar-refractivity contribution in [1.82, 2.24) is 0 Å². The molecule has 0 amide bonds. The fourth-order valence-electron chi connectivity index (χ4n) is 4.47. The molecule has 2 atom stereocenters. The summed E-state index contributed by atoms with van der Waals surface area (Å²) in [6, 6.07) is 8.34. The van der Waals surface area contributed by atoms with Crippen LogP contribution in [0.3, 0.4) is 0 Å². The zero-order valence-corrected chi connectivity index (χ0v) is 22.2. The van der Waals surface area contributed by atoms with Crippen LogP contribution in [0.15, 0.2) is 34.3 Å². The van der Waals surface area contributed by atoms with Crippen LogP contribution in [0.2, 0.25) is 0 Å². The summed E-state index contributed by atoms with van der Waals surface area (Å²) in [5.74, 6) is 0.596. The van der Waals surface area contributed by atoms with E-state index in [1.807, 2.05) is 38.4 Å². The summed E-state index contributed by atoms with van der Waals surface area (Å²) in [7, 11) is 0. The second kappa shape index (κ2) is 9.93. The molecule has 4 nitrogen and oxygen atoms in total. The first-order chi connectivity index (χ1) is 15.8. The molecule has 0 saturated heterocycles. The Kier molecular flexibility index (Phi) is 7.59. The van der Waals surface area contributed by atoms with Crippen LogP contribution in [0.5, 0.6) is 11.5 Å². The van der Waals surface area contributed by atoms with Crippen molar-refractivity contribution >= 4 is 12.4 Å². The van der Waals surface area contributed by atoms with E-state index in [-0.39, 0.29) is 22.9 Å². The van der Waals surface area contributed by atoms with E-state index in [9.17, 15) is 10.2 Å². The molecule has 2 aromatic rings. The van der Waals surface area contributed by atoms with Gasteiger partial charge in [-0.2, -0.15) is 0 Å². The van der Waals surface area contributed by atoms with E-state index < -0.39 is 0 Å². The van der Waals surface area contributed by atoms with Gasteiger partial charge in [-0.15, -0.1) is 0 Å². The molecule has 34 heavy (non-hydrogen) atoms. The molecule has 0 aliphatic heterocycles. The van der Waals surface area contributed by atoms with Crippen LogP contribution in [0, 0.1) is 13.8 Å². The third-order valence-electron chi connectivity index (χ3n) is 6.90. The fraction of sp³-hybridized carbons (Fsp3) is 0.533. The topological polar surface area (TPSA) is 65.2 Å². The Morgan fingerprint density at radius 3 is 1.35 bits per heavy atom. The first-order valence-corrected chi connectivity index (χ1v) is 12.5. The molecule has 4 heteroatoms. The monoisotopic (exact) mass is 462 g/mol. The summed E-state index contributed by atoms with van der Waals surface area (Å²) in [5.41, 5.74) is 5.65. The number of aliphatic imine (C=N–C) groups is 2. The number of hydrogen-bond acceptors (Lipinski definition) is 4. The van der Waals surface area contributed by atoms with Gasteiger partial charge in [0.25, 0.3) is 0 Å². The summed E-state index contributed by atoms with van der Waals surface area (Å²) >= 11 is 0. The zero-order valence-electron chi connectivity index (χ0n) is 22.2. The largest absolute Gasteiger partial charge is 0.507 e. The fourth-order valence-corrected chi connectivity index (χ4v) is 4.47. The molecule has 1 fully saturated rings. The average molecular weight is 463 g/mol. The van der Waals surface area contributed by atoms with Crippen molar-refractivity contribution in [2.75, 3.05) is 0 Å². The van der Waals surface area contributed by atoms with Crippen molar-refractivity contribution in [3.8, 4) is 11.5 Å². The van der Waals surface area contributed by atoms with Crippen molar-refractivity contribution < 1.29 is 10.2 Å². The molecule has 184 valence electrons. The third kappa shape index (κ3) is 6.08. The average Bonchev–Trinajstić information content (AvgIpc) is 2.74. The Hall–Kier alpha value is -2.62. The number of rotatable bonds is 4. The Morgan fingerprint density at radius 1 is 0.676 bits per heavy atom. The standard InChI is InChI=1S/C30H42N2O2/c1-19-13-23(29(3,4)5)15-21(27(19)33)17-31-25-11-9-10-12-26(25)32-18-22-16-24(30(6,7)8)14-20(2)28(22)34/h13-18,25-26,33-34H,9-12H2,1-8H3/b31-17+,32-18+/t25-,26-/m1/s1. The van der Waals surface area contributed by atoms with Crippen LogP contribution in [0.1, 0.15) is 101 Å². The van der Waals surface area contributed by atoms with Crippen LogP contribution in [-0.2, 0) is 10.8 Å². The lowest BCUT2D eigenvalue weighted by Crippen LogP contribution is -2.27. The second-order valence-electron chi connectivity index (χ2n) is 11.9. The Morgan fingerprint density at radius 2 is 1.03 bits per heavy atom. The van der Waals surface area contributed by atoms with Gasteiger partial charge in [-0.05, 0) is 71.9 Å². The van der Waals surface area contributed by atoms with E-state index in [1.165, 1.54) is 11.1 Å². The van der Waals surface area contributed by atoms with Crippen LogP contribution < -0.4 is 0 Å². The second-order valence-corrected chi connectivity index (χ2v) is 11.9. The summed E-state index contributed by atoms with van der Waals surface area (Å²) in [6.45, 7) is 16.9. The molecular formula is C30H42N2O2. The molecule has 1 aliphatic rings. The lowest BCUT2D eigenvalue weighted by Gasteiger charge is -2.26. The molecule has 2 N–H and O–H groups in total.